The predicted molar refractivity (Wildman–Crippen MR) is 99.5 cm³/mol. The zero-order chi connectivity index (χ0) is 19.0. The second kappa shape index (κ2) is 7.04. The van der Waals surface area contributed by atoms with Gasteiger partial charge in [0.1, 0.15) is 17.7 Å². The molecule has 0 fully saturated rings. The molecule has 0 spiro atoms. The van der Waals surface area contributed by atoms with Gasteiger partial charge in [-0.25, -0.2) is 4.39 Å². The van der Waals surface area contributed by atoms with Gasteiger partial charge in [0.15, 0.2) is 5.76 Å². The number of halogens is 2. The summed E-state index contributed by atoms with van der Waals surface area (Å²) >= 11 is 5.72. The Morgan fingerprint density at radius 3 is 2.96 bits per heavy atom. The van der Waals surface area contributed by atoms with E-state index >= 15 is 0 Å². The summed E-state index contributed by atoms with van der Waals surface area (Å²) in [6.07, 6.45) is 1.06. The van der Waals surface area contributed by atoms with E-state index in [1.807, 2.05) is 25.1 Å². The van der Waals surface area contributed by atoms with E-state index < -0.39 is 5.82 Å². The van der Waals surface area contributed by atoms with Crippen LogP contribution in [0.1, 0.15) is 18.2 Å². The van der Waals surface area contributed by atoms with Gasteiger partial charge in [0.05, 0.1) is 17.1 Å². The van der Waals surface area contributed by atoms with E-state index in [9.17, 15) is 9.18 Å². The monoisotopic (exact) mass is 386 g/mol. The van der Waals surface area contributed by atoms with Gasteiger partial charge in [-0.1, -0.05) is 16.8 Å². The minimum absolute atomic E-state index is 0.0313. The predicted octanol–water partition coefficient (Wildman–Crippen LogP) is 4.64. The largest absolute Gasteiger partial charge is 0.490 e. The van der Waals surface area contributed by atoms with Crippen LogP contribution >= 0.6 is 11.6 Å². The van der Waals surface area contributed by atoms with Gasteiger partial charge >= 0.3 is 0 Å². The van der Waals surface area contributed by atoms with E-state index in [1.54, 1.807) is 6.07 Å². The summed E-state index contributed by atoms with van der Waals surface area (Å²) in [5, 5.41) is 6.57. The molecule has 138 valence electrons. The standard InChI is InChI=1S/C20H16ClFN2O3/c1-11-6-13-7-12(2-5-18(13)26-11)19-9-15(24-27-19)10-20(25)23-14-3-4-17(22)16(21)8-14/h2-5,7-9,11H,6,10H2,1H3,(H,23,25)/t11-/m1/s1. The molecule has 1 aliphatic rings. The molecule has 3 aromatic rings. The number of hydrogen-bond acceptors (Lipinski definition) is 4. The van der Waals surface area contributed by atoms with Crippen molar-refractivity contribution >= 4 is 23.2 Å². The summed E-state index contributed by atoms with van der Waals surface area (Å²) in [4.78, 5) is 12.2. The molecule has 2 heterocycles. The van der Waals surface area contributed by atoms with Gasteiger partial charge < -0.3 is 14.6 Å². The zero-order valence-electron chi connectivity index (χ0n) is 14.5. The average Bonchev–Trinajstić information content (AvgIpc) is 3.22. The fraction of sp³-hybridized carbons (Fsp3) is 0.200. The van der Waals surface area contributed by atoms with Crippen molar-refractivity contribution < 1.29 is 18.4 Å². The van der Waals surface area contributed by atoms with Crippen LogP contribution in [0.15, 0.2) is 47.0 Å². The molecule has 0 aliphatic carbocycles. The summed E-state index contributed by atoms with van der Waals surface area (Å²) in [7, 11) is 0. The Kier molecular flexibility index (Phi) is 4.58. The summed E-state index contributed by atoms with van der Waals surface area (Å²) in [6.45, 7) is 2.03. The molecule has 1 amide bonds. The maximum Gasteiger partial charge on any atom is 0.230 e. The van der Waals surface area contributed by atoms with E-state index in [-0.39, 0.29) is 23.5 Å². The maximum absolute atomic E-state index is 13.2. The fourth-order valence-electron chi connectivity index (χ4n) is 3.05. The third-order valence-electron chi connectivity index (χ3n) is 4.28. The quantitative estimate of drug-likeness (QED) is 0.709. The van der Waals surface area contributed by atoms with Crippen LogP contribution in [-0.2, 0) is 17.6 Å². The van der Waals surface area contributed by atoms with E-state index in [4.69, 9.17) is 20.9 Å². The first kappa shape index (κ1) is 17.5. The van der Waals surface area contributed by atoms with Gasteiger partial charge in [-0.3, -0.25) is 4.79 Å². The van der Waals surface area contributed by atoms with Crippen molar-refractivity contribution in [2.45, 2.75) is 25.9 Å². The van der Waals surface area contributed by atoms with Gasteiger partial charge in [0.25, 0.3) is 0 Å². The number of anilines is 1. The number of amides is 1. The van der Waals surface area contributed by atoms with Crippen LogP contribution in [0.5, 0.6) is 5.75 Å². The van der Waals surface area contributed by atoms with Crippen molar-refractivity contribution in [3.05, 3.63) is 64.6 Å². The lowest BCUT2D eigenvalue weighted by molar-refractivity contribution is -0.115. The molecule has 7 heteroatoms. The maximum atomic E-state index is 13.2. The Morgan fingerprint density at radius 2 is 2.15 bits per heavy atom. The van der Waals surface area contributed by atoms with Crippen LogP contribution in [0.4, 0.5) is 10.1 Å². The highest BCUT2D eigenvalue weighted by atomic mass is 35.5. The van der Waals surface area contributed by atoms with Crippen LogP contribution in [-0.4, -0.2) is 17.2 Å². The highest BCUT2D eigenvalue weighted by Crippen LogP contribution is 2.33. The van der Waals surface area contributed by atoms with Crippen LogP contribution in [0.2, 0.25) is 5.02 Å². The first-order chi connectivity index (χ1) is 13.0. The summed E-state index contributed by atoms with van der Waals surface area (Å²) in [5.74, 6) is 0.645. The third-order valence-corrected chi connectivity index (χ3v) is 4.57. The SMILES string of the molecule is C[C@@H]1Cc2cc(-c3cc(CC(=O)Nc4ccc(F)c(Cl)c4)no3)ccc2O1. The van der Waals surface area contributed by atoms with E-state index in [0.717, 1.165) is 23.3 Å². The third kappa shape index (κ3) is 3.80. The molecular weight excluding hydrogens is 371 g/mol. The zero-order valence-corrected chi connectivity index (χ0v) is 15.2. The second-order valence-electron chi connectivity index (χ2n) is 6.49. The number of nitrogens with one attached hydrogen (secondary N) is 1. The number of carbonyl (C=O) groups is 1. The molecule has 4 rings (SSSR count). The van der Waals surface area contributed by atoms with Crippen molar-refractivity contribution in [3.8, 4) is 17.1 Å². The van der Waals surface area contributed by atoms with Gasteiger partial charge in [-0.2, -0.15) is 0 Å². The first-order valence-electron chi connectivity index (χ1n) is 8.48. The molecule has 1 N–H and O–H groups in total. The Hall–Kier alpha value is -2.86. The molecule has 1 aliphatic heterocycles. The summed E-state index contributed by atoms with van der Waals surface area (Å²) < 4.78 is 24.3. The highest BCUT2D eigenvalue weighted by molar-refractivity contribution is 6.31. The van der Waals surface area contributed by atoms with E-state index in [2.05, 4.69) is 10.5 Å². The molecule has 0 saturated heterocycles. The van der Waals surface area contributed by atoms with Crippen LogP contribution in [0.25, 0.3) is 11.3 Å². The minimum Gasteiger partial charge on any atom is -0.490 e. The molecular formula is C20H16ClFN2O3. The lowest BCUT2D eigenvalue weighted by atomic mass is 10.1. The van der Waals surface area contributed by atoms with Crippen molar-refractivity contribution in [1.29, 1.82) is 0 Å². The lowest BCUT2D eigenvalue weighted by Crippen LogP contribution is -2.14. The summed E-state index contributed by atoms with van der Waals surface area (Å²) in [5.41, 5.74) is 2.93. The van der Waals surface area contributed by atoms with E-state index in [1.165, 1.54) is 18.2 Å². The number of hydrogen-bond donors (Lipinski definition) is 1. The Bertz CT molecular complexity index is 1020. The van der Waals surface area contributed by atoms with Gasteiger partial charge in [0.2, 0.25) is 5.91 Å². The molecule has 27 heavy (non-hydrogen) atoms. The Morgan fingerprint density at radius 1 is 1.30 bits per heavy atom. The number of rotatable bonds is 4. The van der Waals surface area contributed by atoms with Crippen molar-refractivity contribution in [3.63, 3.8) is 0 Å². The van der Waals surface area contributed by atoms with Gasteiger partial charge in [0, 0.05) is 23.7 Å². The molecule has 0 unspecified atom stereocenters. The van der Waals surface area contributed by atoms with Crippen molar-refractivity contribution in [2.24, 2.45) is 0 Å². The minimum atomic E-state index is -0.537. The number of nitrogens with zero attached hydrogens (tertiary/aromatic N) is 1. The number of aromatic nitrogens is 1. The van der Waals surface area contributed by atoms with Crippen LogP contribution < -0.4 is 10.1 Å². The normalized spacial score (nSPS) is 15.3. The highest BCUT2D eigenvalue weighted by Gasteiger charge is 2.20. The number of fused-ring (bicyclic) bond motifs is 1. The molecule has 1 atom stereocenters. The number of benzene rings is 2. The Labute approximate surface area is 160 Å². The van der Waals surface area contributed by atoms with Crippen LogP contribution in [0, 0.1) is 5.82 Å². The van der Waals surface area contributed by atoms with Gasteiger partial charge in [-0.15, -0.1) is 0 Å². The topological polar surface area (TPSA) is 64.4 Å². The van der Waals surface area contributed by atoms with Crippen molar-refractivity contribution in [1.82, 2.24) is 5.16 Å². The molecule has 5 nitrogen and oxygen atoms in total. The molecule has 0 saturated carbocycles. The lowest BCUT2D eigenvalue weighted by Gasteiger charge is -2.04. The smallest absolute Gasteiger partial charge is 0.230 e. The molecule has 0 radical (unpaired) electrons. The molecule has 1 aromatic heterocycles. The Balaban J connectivity index is 1.44. The average molecular weight is 387 g/mol. The first-order valence-corrected chi connectivity index (χ1v) is 8.86. The number of carbonyl (C=O) groups excluding carboxylic acids is 1. The van der Waals surface area contributed by atoms with E-state index in [0.29, 0.717) is 17.1 Å². The molecule has 2 aromatic carbocycles. The van der Waals surface area contributed by atoms with Gasteiger partial charge in [-0.05, 0) is 48.9 Å². The summed E-state index contributed by atoms with van der Waals surface area (Å²) in [6, 6.07) is 11.6. The fourth-order valence-corrected chi connectivity index (χ4v) is 3.23. The van der Waals surface area contributed by atoms with Crippen molar-refractivity contribution in [2.75, 3.05) is 5.32 Å². The van der Waals surface area contributed by atoms with Crippen LogP contribution in [0.3, 0.4) is 0 Å². The number of ether oxygens (including phenoxy) is 1. The second-order valence-corrected chi connectivity index (χ2v) is 6.90. The molecule has 0 bridgehead atoms.